The zero-order valence-corrected chi connectivity index (χ0v) is 12.4. The van der Waals surface area contributed by atoms with Crippen molar-refractivity contribution in [2.75, 3.05) is 13.6 Å². The molecule has 1 aliphatic carbocycles. The van der Waals surface area contributed by atoms with Gasteiger partial charge in [-0.1, -0.05) is 30.1 Å². The lowest BCUT2D eigenvalue weighted by atomic mass is 10.3. The Labute approximate surface area is 117 Å². The van der Waals surface area contributed by atoms with Gasteiger partial charge >= 0.3 is 0 Å². The molecule has 2 rings (SSSR count). The minimum absolute atomic E-state index is 0.0766. The molecule has 1 aromatic heterocycles. The topological polar surface area (TPSA) is 50.3 Å². The van der Waals surface area contributed by atoms with Crippen LogP contribution in [0.25, 0.3) is 0 Å². The predicted molar refractivity (Wildman–Crippen MR) is 71.3 cm³/mol. The van der Waals surface area contributed by atoms with Gasteiger partial charge in [-0.2, -0.15) is 0 Å². The average Bonchev–Trinajstić information content (AvgIpc) is 2.98. The van der Waals surface area contributed by atoms with Crippen molar-refractivity contribution in [3.8, 4) is 0 Å². The molecule has 0 saturated heterocycles. The van der Waals surface area contributed by atoms with Crippen LogP contribution in [0.3, 0.4) is 0 Å². The highest BCUT2D eigenvalue weighted by Crippen LogP contribution is 2.38. The first-order valence-electron chi connectivity index (χ1n) is 5.59. The maximum atomic E-state index is 12.2. The molecule has 7 heteroatoms. The summed E-state index contributed by atoms with van der Waals surface area (Å²) >= 11 is 11.5. The van der Waals surface area contributed by atoms with Gasteiger partial charge in [0, 0.05) is 19.8 Å². The molecule has 0 amide bonds. The Morgan fingerprint density at radius 2 is 2.11 bits per heavy atom. The van der Waals surface area contributed by atoms with E-state index in [2.05, 4.69) is 11.9 Å². The lowest BCUT2D eigenvalue weighted by Crippen LogP contribution is -2.29. The summed E-state index contributed by atoms with van der Waals surface area (Å²) in [5.74, 6) is 1.06. The Morgan fingerprint density at radius 1 is 1.50 bits per heavy atom. The highest BCUT2D eigenvalue weighted by Gasteiger charge is 2.36. The molecule has 1 aliphatic rings. The van der Waals surface area contributed by atoms with Gasteiger partial charge in [0.15, 0.2) is 0 Å². The van der Waals surface area contributed by atoms with Crippen molar-refractivity contribution in [2.45, 2.75) is 18.2 Å². The van der Waals surface area contributed by atoms with Crippen molar-refractivity contribution in [2.24, 2.45) is 11.8 Å². The summed E-state index contributed by atoms with van der Waals surface area (Å²) in [5, 5.41) is 0.250. The molecule has 0 aliphatic heterocycles. The van der Waals surface area contributed by atoms with Gasteiger partial charge in [-0.25, -0.2) is 17.7 Å². The minimum Gasteiger partial charge on any atom is -0.242 e. The molecule has 0 bridgehead atoms. The SMILES string of the molecule is CC1CC1CN(C)S(=O)(=O)c1cnc(Cl)c(Cl)c1. The first-order chi connectivity index (χ1) is 8.32. The van der Waals surface area contributed by atoms with Crippen LogP contribution in [0.2, 0.25) is 10.2 Å². The highest BCUT2D eigenvalue weighted by molar-refractivity contribution is 7.89. The predicted octanol–water partition coefficient (Wildman–Crippen LogP) is 2.66. The molecule has 1 fully saturated rings. The minimum atomic E-state index is -3.53. The van der Waals surface area contributed by atoms with Crippen LogP contribution in [0.1, 0.15) is 13.3 Å². The third-order valence-electron chi connectivity index (χ3n) is 3.25. The molecule has 0 radical (unpaired) electrons. The molecule has 4 nitrogen and oxygen atoms in total. The van der Waals surface area contributed by atoms with Crippen LogP contribution in [-0.4, -0.2) is 31.3 Å². The molecule has 0 spiro atoms. The van der Waals surface area contributed by atoms with Gasteiger partial charge < -0.3 is 0 Å². The van der Waals surface area contributed by atoms with Crippen molar-refractivity contribution < 1.29 is 8.42 Å². The largest absolute Gasteiger partial charge is 0.244 e. The first kappa shape index (κ1) is 14.1. The van der Waals surface area contributed by atoms with Gasteiger partial charge in [-0.15, -0.1) is 0 Å². The summed E-state index contributed by atoms with van der Waals surface area (Å²) in [6.07, 6.45) is 2.32. The summed E-state index contributed by atoms with van der Waals surface area (Å²) < 4.78 is 25.8. The Balaban J connectivity index is 2.21. The van der Waals surface area contributed by atoms with Gasteiger partial charge in [-0.05, 0) is 24.3 Å². The molecule has 1 saturated carbocycles. The van der Waals surface area contributed by atoms with Gasteiger partial charge in [0.25, 0.3) is 0 Å². The van der Waals surface area contributed by atoms with Gasteiger partial charge in [0.2, 0.25) is 10.0 Å². The normalized spacial score (nSPS) is 23.4. The standard InChI is InChI=1S/C11H14Cl2N2O2S/c1-7-3-8(7)6-15(2)18(16,17)9-4-10(12)11(13)14-5-9/h4-5,7-8H,3,6H2,1-2H3. The number of halogens is 2. The maximum absolute atomic E-state index is 12.2. The summed E-state index contributed by atoms with van der Waals surface area (Å²) in [6.45, 7) is 2.65. The van der Waals surface area contributed by atoms with Crippen LogP contribution in [0.5, 0.6) is 0 Å². The fourth-order valence-electron chi connectivity index (χ4n) is 1.81. The zero-order valence-electron chi connectivity index (χ0n) is 10.1. The van der Waals surface area contributed by atoms with Crippen molar-refractivity contribution in [3.05, 3.63) is 22.4 Å². The molecule has 18 heavy (non-hydrogen) atoms. The van der Waals surface area contributed by atoms with Gasteiger partial charge in [0.05, 0.1) is 5.02 Å². The van der Waals surface area contributed by atoms with Crippen molar-refractivity contribution in [1.82, 2.24) is 9.29 Å². The molecular formula is C11H14Cl2N2O2S. The smallest absolute Gasteiger partial charge is 0.242 e. The van der Waals surface area contributed by atoms with Crippen molar-refractivity contribution in [1.29, 1.82) is 0 Å². The maximum Gasteiger partial charge on any atom is 0.244 e. The number of sulfonamides is 1. The van der Waals surface area contributed by atoms with E-state index in [4.69, 9.17) is 23.2 Å². The monoisotopic (exact) mass is 308 g/mol. The lowest BCUT2D eigenvalue weighted by molar-refractivity contribution is 0.444. The van der Waals surface area contributed by atoms with Crippen LogP contribution >= 0.6 is 23.2 Å². The van der Waals surface area contributed by atoms with E-state index in [9.17, 15) is 8.42 Å². The molecule has 1 heterocycles. The zero-order chi connectivity index (χ0) is 13.5. The lowest BCUT2D eigenvalue weighted by Gasteiger charge is -2.17. The second-order valence-corrected chi connectivity index (χ2v) is 7.51. The van der Waals surface area contributed by atoms with Gasteiger partial charge in [0.1, 0.15) is 10.0 Å². The van der Waals surface area contributed by atoms with Crippen LogP contribution in [-0.2, 0) is 10.0 Å². The number of rotatable bonds is 4. The second-order valence-electron chi connectivity index (χ2n) is 4.70. The third-order valence-corrected chi connectivity index (χ3v) is 5.72. The average molecular weight is 309 g/mol. The van der Waals surface area contributed by atoms with Crippen LogP contribution in [0, 0.1) is 11.8 Å². The molecule has 100 valence electrons. The molecular weight excluding hydrogens is 295 g/mol. The number of aromatic nitrogens is 1. The van der Waals surface area contributed by atoms with E-state index < -0.39 is 10.0 Å². The van der Waals surface area contributed by atoms with Crippen molar-refractivity contribution >= 4 is 33.2 Å². The molecule has 0 N–H and O–H groups in total. The van der Waals surface area contributed by atoms with E-state index in [-0.39, 0.29) is 15.1 Å². The Morgan fingerprint density at radius 3 is 2.61 bits per heavy atom. The second kappa shape index (κ2) is 4.96. The highest BCUT2D eigenvalue weighted by atomic mass is 35.5. The van der Waals surface area contributed by atoms with E-state index in [1.807, 2.05) is 0 Å². The molecule has 0 aromatic carbocycles. The quantitative estimate of drug-likeness (QED) is 0.804. The van der Waals surface area contributed by atoms with Crippen molar-refractivity contribution in [3.63, 3.8) is 0 Å². The number of nitrogens with zero attached hydrogens (tertiary/aromatic N) is 2. The van der Waals surface area contributed by atoms with E-state index in [1.165, 1.54) is 16.6 Å². The summed E-state index contributed by atoms with van der Waals surface area (Å²) in [7, 11) is -1.96. The number of hydrogen-bond donors (Lipinski definition) is 0. The third kappa shape index (κ3) is 2.79. The van der Waals surface area contributed by atoms with E-state index >= 15 is 0 Å². The summed E-state index contributed by atoms with van der Waals surface area (Å²) in [6, 6.07) is 1.33. The Hall–Kier alpha value is -0.360. The summed E-state index contributed by atoms with van der Waals surface area (Å²) in [5.41, 5.74) is 0. The first-order valence-corrected chi connectivity index (χ1v) is 7.79. The Kier molecular flexibility index (Phi) is 3.88. The molecule has 2 atom stereocenters. The van der Waals surface area contributed by atoms with Crippen LogP contribution < -0.4 is 0 Å². The fraction of sp³-hybridized carbons (Fsp3) is 0.545. The molecule has 1 aromatic rings. The van der Waals surface area contributed by atoms with Crippen LogP contribution in [0.15, 0.2) is 17.2 Å². The summed E-state index contributed by atoms with van der Waals surface area (Å²) in [4.78, 5) is 3.84. The van der Waals surface area contributed by atoms with E-state index in [0.29, 0.717) is 18.4 Å². The van der Waals surface area contributed by atoms with E-state index in [0.717, 1.165) is 6.42 Å². The van der Waals surface area contributed by atoms with E-state index in [1.54, 1.807) is 7.05 Å². The number of hydrogen-bond acceptors (Lipinski definition) is 3. The Bertz CT molecular complexity index is 562. The van der Waals surface area contributed by atoms with Crippen LogP contribution in [0.4, 0.5) is 0 Å². The van der Waals surface area contributed by atoms with Gasteiger partial charge in [-0.3, -0.25) is 0 Å². The molecule has 2 unspecified atom stereocenters. The number of pyridine rings is 1. The fourth-order valence-corrected chi connectivity index (χ4v) is 3.34.